The second-order valence-corrected chi connectivity index (χ2v) is 7.86. The van der Waals surface area contributed by atoms with Crippen molar-refractivity contribution in [3.63, 3.8) is 0 Å². The number of carbonyl (C=O) groups is 1. The Labute approximate surface area is 163 Å². The highest BCUT2D eigenvalue weighted by atomic mass is 16.2. The lowest BCUT2D eigenvalue weighted by atomic mass is 9.93. The van der Waals surface area contributed by atoms with Gasteiger partial charge in [0.2, 0.25) is 0 Å². The molecule has 5 nitrogen and oxygen atoms in total. The van der Waals surface area contributed by atoms with Gasteiger partial charge in [-0.05, 0) is 57.8 Å². The highest BCUT2D eigenvalue weighted by Gasteiger charge is 2.30. The summed E-state index contributed by atoms with van der Waals surface area (Å²) in [5.74, 6) is 0.122. The lowest BCUT2D eigenvalue weighted by Gasteiger charge is -2.36. The fourth-order valence-electron chi connectivity index (χ4n) is 3.98. The van der Waals surface area contributed by atoms with E-state index in [4.69, 9.17) is 0 Å². The summed E-state index contributed by atoms with van der Waals surface area (Å²) in [5.41, 5.74) is 4.27. The number of carbonyl (C=O) groups excluding carboxylic acids is 1. The molecule has 1 amide bonds. The highest BCUT2D eigenvalue weighted by Crippen LogP contribution is 2.32. The Morgan fingerprint density at radius 1 is 1.22 bits per heavy atom. The van der Waals surface area contributed by atoms with Crippen molar-refractivity contribution in [3.8, 4) is 0 Å². The molecule has 27 heavy (non-hydrogen) atoms. The largest absolute Gasteiger partial charge is 0.332 e. The van der Waals surface area contributed by atoms with Crippen LogP contribution in [-0.4, -0.2) is 46.1 Å². The predicted molar refractivity (Wildman–Crippen MR) is 109 cm³/mol. The number of amides is 1. The van der Waals surface area contributed by atoms with Crippen molar-refractivity contribution in [2.75, 3.05) is 20.6 Å². The molecule has 0 aliphatic carbocycles. The molecule has 0 saturated carbocycles. The van der Waals surface area contributed by atoms with Crippen molar-refractivity contribution in [1.82, 2.24) is 19.6 Å². The van der Waals surface area contributed by atoms with Crippen molar-refractivity contribution >= 4 is 5.91 Å². The van der Waals surface area contributed by atoms with E-state index >= 15 is 0 Å². The average molecular weight is 369 g/mol. The minimum Gasteiger partial charge on any atom is -0.332 e. The van der Waals surface area contributed by atoms with Crippen LogP contribution in [0.2, 0.25) is 0 Å². The summed E-state index contributed by atoms with van der Waals surface area (Å²) in [7, 11) is 4.16. The third-order valence-electron chi connectivity index (χ3n) is 5.40. The molecule has 5 heteroatoms. The van der Waals surface area contributed by atoms with Crippen LogP contribution in [0.5, 0.6) is 0 Å². The van der Waals surface area contributed by atoms with Crippen LogP contribution in [0.3, 0.4) is 0 Å². The van der Waals surface area contributed by atoms with Crippen molar-refractivity contribution in [2.24, 2.45) is 0 Å². The van der Waals surface area contributed by atoms with Crippen molar-refractivity contribution in [2.45, 2.75) is 58.7 Å². The van der Waals surface area contributed by atoms with Gasteiger partial charge in [-0.2, -0.15) is 5.10 Å². The summed E-state index contributed by atoms with van der Waals surface area (Å²) in [6.07, 6.45) is 6.03. The van der Waals surface area contributed by atoms with Gasteiger partial charge in [-0.25, -0.2) is 0 Å². The van der Waals surface area contributed by atoms with E-state index in [0.29, 0.717) is 0 Å². The second-order valence-electron chi connectivity index (χ2n) is 7.86. The number of benzene rings is 1. The number of nitrogens with zero attached hydrogens (tertiary/aromatic N) is 4. The first-order valence-corrected chi connectivity index (χ1v) is 10.1. The zero-order valence-electron chi connectivity index (χ0n) is 17.1. The standard InChI is InChI=1S/C22H32N4O/c1-5-13-26-17(2)20(15-23-26)22(27)25-14-7-6-8-21(25)19-11-9-18(10-12-19)16-24(3)4/h9-12,15,21H,5-8,13-14,16H2,1-4H3/t21-/m1/s1. The lowest BCUT2D eigenvalue weighted by molar-refractivity contribution is 0.0610. The first-order chi connectivity index (χ1) is 13.0. The second kappa shape index (κ2) is 8.70. The number of aromatic nitrogens is 2. The monoisotopic (exact) mass is 368 g/mol. The van der Waals surface area contributed by atoms with Crippen LogP contribution < -0.4 is 0 Å². The summed E-state index contributed by atoms with van der Waals surface area (Å²) in [4.78, 5) is 17.5. The third kappa shape index (κ3) is 4.41. The van der Waals surface area contributed by atoms with Crippen LogP contribution in [-0.2, 0) is 13.1 Å². The Hall–Kier alpha value is -2.14. The zero-order valence-corrected chi connectivity index (χ0v) is 17.1. The van der Waals surface area contributed by atoms with Crippen molar-refractivity contribution in [3.05, 3.63) is 52.8 Å². The summed E-state index contributed by atoms with van der Waals surface area (Å²) >= 11 is 0. The Morgan fingerprint density at radius 3 is 2.63 bits per heavy atom. The van der Waals surface area contributed by atoms with E-state index in [1.807, 2.05) is 11.6 Å². The molecule has 2 heterocycles. The quantitative estimate of drug-likeness (QED) is 0.773. The third-order valence-corrected chi connectivity index (χ3v) is 5.40. The molecule has 0 unspecified atom stereocenters. The fraction of sp³-hybridized carbons (Fsp3) is 0.545. The van der Waals surface area contributed by atoms with Gasteiger partial charge >= 0.3 is 0 Å². The molecule has 1 aliphatic rings. The molecular weight excluding hydrogens is 336 g/mol. The maximum absolute atomic E-state index is 13.3. The molecule has 0 N–H and O–H groups in total. The van der Waals surface area contributed by atoms with Crippen LogP contribution in [0.4, 0.5) is 0 Å². The van der Waals surface area contributed by atoms with Gasteiger partial charge in [0.25, 0.3) is 5.91 Å². The van der Waals surface area contributed by atoms with Gasteiger partial charge in [-0.3, -0.25) is 9.48 Å². The Morgan fingerprint density at radius 2 is 1.96 bits per heavy atom. The Balaban J connectivity index is 1.82. The molecule has 1 aromatic carbocycles. The van der Waals surface area contributed by atoms with Gasteiger partial charge in [-0.15, -0.1) is 0 Å². The summed E-state index contributed by atoms with van der Waals surface area (Å²) in [6, 6.07) is 8.94. The fourth-order valence-corrected chi connectivity index (χ4v) is 3.98. The summed E-state index contributed by atoms with van der Waals surface area (Å²) < 4.78 is 1.95. The van der Waals surface area contributed by atoms with Crippen LogP contribution in [0.15, 0.2) is 30.5 Å². The van der Waals surface area contributed by atoms with Crippen LogP contribution in [0.1, 0.15) is 65.8 Å². The van der Waals surface area contributed by atoms with E-state index in [2.05, 4.69) is 60.2 Å². The van der Waals surface area contributed by atoms with Gasteiger partial charge in [0, 0.05) is 25.3 Å². The minimum absolute atomic E-state index is 0.122. The van der Waals surface area contributed by atoms with E-state index in [1.165, 1.54) is 17.5 Å². The van der Waals surface area contributed by atoms with Crippen molar-refractivity contribution < 1.29 is 4.79 Å². The number of rotatable bonds is 6. The highest BCUT2D eigenvalue weighted by molar-refractivity contribution is 5.95. The van der Waals surface area contributed by atoms with E-state index < -0.39 is 0 Å². The van der Waals surface area contributed by atoms with Crippen LogP contribution in [0.25, 0.3) is 0 Å². The number of hydrogen-bond donors (Lipinski definition) is 0. The number of piperidine rings is 1. The number of likely N-dealkylation sites (tertiary alicyclic amines) is 1. The van der Waals surface area contributed by atoms with Crippen LogP contribution in [0, 0.1) is 6.92 Å². The molecule has 0 spiro atoms. The first-order valence-electron chi connectivity index (χ1n) is 10.1. The van der Waals surface area contributed by atoms with E-state index in [9.17, 15) is 4.79 Å². The van der Waals surface area contributed by atoms with Gasteiger partial charge in [0.15, 0.2) is 0 Å². The van der Waals surface area contributed by atoms with E-state index in [1.54, 1.807) is 6.20 Å². The molecule has 1 fully saturated rings. The molecule has 146 valence electrons. The lowest BCUT2D eigenvalue weighted by Crippen LogP contribution is -2.38. The Kier molecular flexibility index (Phi) is 6.32. The molecule has 3 rings (SSSR count). The summed E-state index contributed by atoms with van der Waals surface area (Å²) in [5, 5.41) is 4.42. The molecular formula is C22H32N4O. The molecule has 2 aromatic rings. The summed E-state index contributed by atoms with van der Waals surface area (Å²) in [6.45, 7) is 6.74. The van der Waals surface area contributed by atoms with Gasteiger partial charge < -0.3 is 9.80 Å². The number of hydrogen-bond acceptors (Lipinski definition) is 3. The topological polar surface area (TPSA) is 41.4 Å². The molecule has 1 saturated heterocycles. The molecule has 0 radical (unpaired) electrons. The molecule has 1 aromatic heterocycles. The zero-order chi connectivity index (χ0) is 19.4. The van der Waals surface area contributed by atoms with Crippen LogP contribution >= 0.6 is 0 Å². The van der Waals surface area contributed by atoms with E-state index in [-0.39, 0.29) is 11.9 Å². The minimum atomic E-state index is 0.122. The normalized spacial score (nSPS) is 17.5. The smallest absolute Gasteiger partial charge is 0.257 e. The predicted octanol–water partition coefficient (Wildman–Crippen LogP) is 4.03. The molecule has 1 aliphatic heterocycles. The van der Waals surface area contributed by atoms with Gasteiger partial charge in [0.1, 0.15) is 0 Å². The average Bonchev–Trinajstić information content (AvgIpc) is 3.02. The maximum Gasteiger partial charge on any atom is 0.257 e. The molecule has 0 bridgehead atoms. The van der Waals surface area contributed by atoms with Gasteiger partial charge in [0.05, 0.1) is 17.8 Å². The van der Waals surface area contributed by atoms with Gasteiger partial charge in [-0.1, -0.05) is 31.2 Å². The number of aryl methyl sites for hydroxylation is 1. The first kappa shape index (κ1) is 19.6. The molecule has 1 atom stereocenters. The van der Waals surface area contributed by atoms with Crippen molar-refractivity contribution in [1.29, 1.82) is 0 Å². The van der Waals surface area contributed by atoms with E-state index in [0.717, 1.165) is 50.2 Å². The SMILES string of the molecule is CCCn1ncc(C(=O)N2CCCC[C@@H]2c2ccc(CN(C)C)cc2)c1C. The maximum atomic E-state index is 13.3. The Bertz CT molecular complexity index is 763.